The number of carbonyl (C=O) groups is 2. The monoisotopic (exact) mass is 1380 g/mol. The van der Waals surface area contributed by atoms with Crippen molar-refractivity contribution in [3.63, 3.8) is 0 Å². The molecule has 0 atom stereocenters. The van der Waals surface area contributed by atoms with Crippen molar-refractivity contribution in [3.8, 4) is 0 Å². The Labute approximate surface area is 619 Å². The molecule has 0 aliphatic heterocycles. The highest BCUT2D eigenvalue weighted by Crippen LogP contribution is 2.21. The number of carbonyl (C=O) groups excluding carboxylic acids is 2. The third kappa shape index (κ3) is 76.8. The van der Waals surface area contributed by atoms with Gasteiger partial charge in [-0.05, 0) is 232 Å². The average molecular weight is 1380 g/mol. The molecular formula is C91H170N4O4. The van der Waals surface area contributed by atoms with E-state index in [2.05, 4.69) is 163 Å². The zero-order valence-electron chi connectivity index (χ0n) is 67.9. The summed E-state index contributed by atoms with van der Waals surface area (Å²) in [4.78, 5) is 34.2. The molecule has 0 spiro atoms. The van der Waals surface area contributed by atoms with Gasteiger partial charge in [0.15, 0.2) is 0 Å². The van der Waals surface area contributed by atoms with Crippen molar-refractivity contribution < 1.29 is 19.1 Å². The lowest BCUT2D eigenvalue weighted by Crippen LogP contribution is -2.34. The highest BCUT2D eigenvalue weighted by molar-refractivity contribution is 5.67. The molecule has 0 aromatic rings. The van der Waals surface area contributed by atoms with Gasteiger partial charge in [0.05, 0.1) is 0 Å². The Kier molecular flexibility index (Phi) is 82.0. The van der Waals surface area contributed by atoms with Crippen molar-refractivity contribution in [2.75, 3.05) is 67.0 Å². The van der Waals surface area contributed by atoms with Gasteiger partial charge in [-0.15, -0.1) is 0 Å². The summed E-state index contributed by atoms with van der Waals surface area (Å²) in [7, 11) is 5.93. The maximum atomic E-state index is 13.0. The molecule has 0 radical (unpaired) electrons. The molecule has 0 aromatic heterocycles. The SMILES string of the molecule is CCCCC/C=C\C/C=C\CCCCCCCCC(CCCCCCCC/C=C\C/C=C\CCCCC)OC(=O)N(C)CCCN(C)CC.CCCCC/C=C\C/C=C\CCCCCCCCC(CCCCCCCC/C=C\C/C=C\CCCCC)OC(=O)N(C)CCCN(CC)CC. The lowest BCUT2D eigenvalue weighted by atomic mass is 10.0. The molecule has 8 heteroatoms. The Morgan fingerprint density at radius 2 is 0.475 bits per heavy atom. The van der Waals surface area contributed by atoms with Crippen LogP contribution in [0.1, 0.15) is 395 Å². The summed E-state index contributed by atoms with van der Waals surface area (Å²) >= 11 is 0. The van der Waals surface area contributed by atoms with E-state index in [1.807, 2.05) is 14.1 Å². The quantitative estimate of drug-likeness (QED) is 0.0447. The van der Waals surface area contributed by atoms with E-state index < -0.39 is 0 Å². The molecule has 2 amide bonds. The van der Waals surface area contributed by atoms with Crippen molar-refractivity contribution >= 4 is 12.2 Å². The van der Waals surface area contributed by atoms with Crippen molar-refractivity contribution in [3.05, 3.63) is 97.2 Å². The number of allylic oxidation sites excluding steroid dienone is 16. The minimum absolute atomic E-state index is 0.0596. The highest BCUT2D eigenvalue weighted by atomic mass is 16.6. The van der Waals surface area contributed by atoms with E-state index in [1.165, 1.54) is 257 Å². The van der Waals surface area contributed by atoms with Gasteiger partial charge in [0.25, 0.3) is 0 Å². The first kappa shape index (κ1) is 97.4. The van der Waals surface area contributed by atoms with Crippen molar-refractivity contribution in [2.24, 2.45) is 0 Å². The standard InChI is InChI=1S/C46H86N2O2.C45H84N2O2/c1-6-10-12-14-16-18-20-22-24-26-28-30-32-34-36-38-41-45(50-46(49)47(5)43-40-44-48(8-3)9-4)42-39-37-35-33-31-29-27-25-23-21-19-17-15-13-11-7-2;1-6-9-11-13-15-17-19-21-23-25-27-29-31-33-35-37-40-44(49-45(48)47(5)43-39-42-46(4)8-3)41-38-36-34-32-30-28-26-24-22-20-18-16-14-12-10-7-2/h16-19,22-25,45H,6-15,20-21,26-44H2,1-5H3;15-18,21-24,44H,6-14,19-20,25-43H2,1-5H3/b18-16-,19-17-,24-22-,25-23-;17-15-,18-16-,23-21-,24-22-. The Bertz CT molecular complexity index is 1780. The topological polar surface area (TPSA) is 65.6 Å². The lowest BCUT2D eigenvalue weighted by molar-refractivity contribution is 0.0569. The second-order valence-corrected chi connectivity index (χ2v) is 29.0. The van der Waals surface area contributed by atoms with Crippen LogP contribution in [0.2, 0.25) is 0 Å². The molecule has 0 aliphatic carbocycles. The number of ether oxygens (including phenoxy) is 2. The molecule has 8 nitrogen and oxygen atoms in total. The smallest absolute Gasteiger partial charge is 0.409 e. The molecule has 0 rings (SSSR count). The Morgan fingerprint density at radius 3 is 0.707 bits per heavy atom. The van der Waals surface area contributed by atoms with Crippen LogP contribution in [0.15, 0.2) is 97.2 Å². The molecule has 0 heterocycles. The van der Waals surface area contributed by atoms with Gasteiger partial charge in [-0.2, -0.15) is 0 Å². The second-order valence-electron chi connectivity index (χ2n) is 29.0. The summed E-state index contributed by atoms with van der Waals surface area (Å²) in [6.45, 7) is 22.4. The molecule has 99 heavy (non-hydrogen) atoms. The fraction of sp³-hybridized carbons (Fsp3) is 0.802. The first-order valence-corrected chi connectivity index (χ1v) is 43.1. The predicted molar refractivity (Wildman–Crippen MR) is 442 cm³/mol. The van der Waals surface area contributed by atoms with Gasteiger partial charge in [0, 0.05) is 27.2 Å². The minimum Gasteiger partial charge on any atom is -0.446 e. The van der Waals surface area contributed by atoms with Crippen LogP contribution in [0.3, 0.4) is 0 Å². The largest absolute Gasteiger partial charge is 0.446 e. The zero-order chi connectivity index (χ0) is 72.5. The summed E-state index contributed by atoms with van der Waals surface area (Å²) in [6, 6.07) is 0. The summed E-state index contributed by atoms with van der Waals surface area (Å²) in [5.41, 5.74) is 0. The Hall–Kier alpha value is -3.62. The number of amides is 2. The number of hydrogen-bond acceptors (Lipinski definition) is 6. The first-order valence-electron chi connectivity index (χ1n) is 43.1. The first-order chi connectivity index (χ1) is 48.6. The van der Waals surface area contributed by atoms with Gasteiger partial charge in [-0.1, -0.05) is 300 Å². The average Bonchev–Trinajstić information content (AvgIpc) is 1.77. The van der Waals surface area contributed by atoms with Crippen molar-refractivity contribution in [1.82, 2.24) is 19.6 Å². The van der Waals surface area contributed by atoms with Crippen LogP contribution < -0.4 is 0 Å². The van der Waals surface area contributed by atoms with Gasteiger partial charge >= 0.3 is 12.2 Å². The molecule has 578 valence electrons. The molecule has 0 bridgehead atoms. The van der Waals surface area contributed by atoms with Crippen molar-refractivity contribution in [2.45, 2.75) is 407 Å². The van der Waals surface area contributed by atoms with E-state index in [1.54, 1.807) is 9.80 Å². The number of unbranched alkanes of at least 4 members (excludes halogenated alkanes) is 36. The van der Waals surface area contributed by atoms with Crippen LogP contribution in [0.25, 0.3) is 0 Å². The fourth-order valence-electron chi connectivity index (χ4n) is 12.4. The van der Waals surface area contributed by atoms with Crippen LogP contribution in [0.5, 0.6) is 0 Å². The fourth-order valence-corrected chi connectivity index (χ4v) is 12.4. The summed E-state index contributed by atoms with van der Waals surface area (Å²) in [6.07, 6.45) is 104. The van der Waals surface area contributed by atoms with Gasteiger partial charge in [0.1, 0.15) is 12.2 Å². The van der Waals surface area contributed by atoms with Crippen molar-refractivity contribution in [1.29, 1.82) is 0 Å². The predicted octanol–water partition coefficient (Wildman–Crippen LogP) is 28.7. The van der Waals surface area contributed by atoms with Crippen LogP contribution in [-0.4, -0.2) is 111 Å². The van der Waals surface area contributed by atoms with E-state index in [-0.39, 0.29) is 24.4 Å². The normalized spacial score (nSPS) is 12.3. The maximum absolute atomic E-state index is 13.0. The zero-order valence-corrected chi connectivity index (χ0v) is 67.9. The summed E-state index contributed by atoms with van der Waals surface area (Å²) in [5, 5.41) is 0. The molecule has 0 fully saturated rings. The summed E-state index contributed by atoms with van der Waals surface area (Å²) in [5.74, 6) is 0. The molecular weight excluding hydrogens is 1210 g/mol. The van der Waals surface area contributed by atoms with Gasteiger partial charge in [-0.25, -0.2) is 9.59 Å². The van der Waals surface area contributed by atoms with E-state index in [9.17, 15) is 9.59 Å². The van der Waals surface area contributed by atoms with Crippen LogP contribution in [-0.2, 0) is 9.47 Å². The van der Waals surface area contributed by atoms with Gasteiger partial charge in [0.2, 0.25) is 0 Å². The second kappa shape index (κ2) is 83.3. The lowest BCUT2D eigenvalue weighted by Gasteiger charge is -2.24. The Morgan fingerprint density at radius 1 is 0.253 bits per heavy atom. The van der Waals surface area contributed by atoms with E-state index in [0.717, 1.165) is 136 Å². The van der Waals surface area contributed by atoms with E-state index >= 15 is 0 Å². The van der Waals surface area contributed by atoms with Crippen LogP contribution >= 0.6 is 0 Å². The van der Waals surface area contributed by atoms with E-state index in [4.69, 9.17) is 9.47 Å². The molecule has 0 saturated carbocycles. The van der Waals surface area contributed by atoms with Gasteiger partial charge in [-0.3, -0.25) is 0 Å². The van der Waals surface area contributed by atoms with E-state index in [0.29, 0.717) is 0 Å². The number of nitrogens with zero attached hydrogens (tertiary/aromatic N) is 4. The third-order valence-electron chi connectivity index (χ3n) is 19.5. The highest BCUT2D eigenvalue weighted by Gasteiger charge is 2.19. The molecule has 0 unspecified atom stereocenters. The third-order valence-corrected chi connectivity index (χ3v) is 19.5. The van der Waals surface area contributed by atoms with Crippen LogP contribution in [0.4, 0.5) is 9.59 Å². The number of rotatable bonds is 73. The molecule has 0 saturated heterocycles. The molecule has 0 aromatic carbocycles. The molecule has 0 N–H and O–H groups in total. The Balaban J connectivity index is 0. The summed E-state index contributed by atoms with van der Waals surface area (Å²) < 4.78 is 12.2. The minimum atomic E-state index is -0.135. The molecule has 0 aliphatic rings. The number of hydrogen-bond donors (Lipinski definition) is 0. The maximum Gasteiger partial charge on any atom is 0.409 e. The van der Waals surface area contributed by atoms with Crippen LogP contribution in [0, 0.1) is 0 Å². The van der Waals surface area contributed by atoms with Gasteiger partial charge < -0.3 is 29.1 Å².